The Morgan fingerprint density at radius 1 is 0.547 bits per heavy atom. The van der Waals surface area contributed by atoms with Crippen molar-refractivity contribution in [2.24, 2.45) is 17.8 Å². The minimum Gasteiger partial charge on any atom is -0.451 e. The third-order valence-corrected chi connectivity index (χ3v) is 8.93. The van der Waals surface area contributed by atoms with Crippen LogP contribution in [0.3, 0.4) is 0 Å². The second-order valence-electron chi connectivity index (χ2n) is 16.2. The summed E-state index contributed by atoms with van der Waals surface area (Å²) in [6, 6.07) is 19.7. The van der Waals surface area contributed by atoms with Crippen molar-refractivity contribution >= 4 is 29.3 Å². The molecule has 9 nitrogen and oxygen atoms in total. The molecule has 1 unspecified atom stereocenters. The van der Waals surface area contributed by atoms with Gasteiger partial charge in [-0.25, -0.2) is 0 Å². The van der Waals surface area contributed by atoms with E-state index < -0.39 is 40.9 Å². The predicted octanol–water partition coefficient (Wildman–Crippen LogP) is 8.14. The lowest BCUT2D eigenvalue weighted by Crippen LogP contribution is -2.40. The average Bonchev–Trinajstić information content (AvgIpc) is 3.07. The summed E-state index contributed by atoms with van der Waals surface area (Å²) >= 11 is 0. The van der Waals surface area contributed by atoms with Crippen molar-refractivity contribution in [2.45, 2.75) is 119 Å². The van der Waals surface area contributed by atoms with Crippen LogP contribution in [0.1, 0.15) is 136 Å². The Balaban J connectivity index is 1.92. The summed E-state index contributed by atoms with van der Waals surface area (Å²) in [6.45, 7) is 20.0. The molecule has 0 aliphatic carbocycles. The summed E-state index contributed by atoms with van der Waals surface area (Å²) in [5.41, 5.74) is 0.531. The van der Waals surface area contributed by atoms with Gasteiger partial charge in [-0.05, 0) is 82.7 Å². The first-order chi connectivity index (χ1) is 24.4. The van der Waals surface area contributed by atoms with E-state index in [0.717, 1.165) is 16.7 Å². The normalized spacial score (nSPS) is 12.9. The Morgan fingerprint density at radius 3 is 1.38 bits per heavy atom. The van der Waals surface area contributed by atoms with Gasteiger partial charge in [0.1, 0.15) is 5.60 Å². The number of aliphatic hydroxyl groups is 1. The van der Waals surface area contributed by atoms with E-state index in [9.17, 15) is 29.1 Å². The predicted molar refractivity (Wildman–Crippen MR) is 204 cm³/mol. The standard InChI is InChI=1S/C44H56O9/c1-26(2)39(48)51-42(7,8)36(45)32-18-13-29(14-19-32)23-31-17-22-34(35(25-31)38(47)44(11,12)53-41(50)28(5)6)24-30-15-20-33(21-16-30)37(46)43(9,10)52-40(49)27(3)4/h13-22,25-28,40,49H,23-24H2,1-12H3. The van der Waals surface area contributed by atoms with Gasteiger partial charge in [0.2, 0.25) is 11.6 Å². The number of benzene rings is 3. The van der Waals surface area contributed by atoms with Crippen LogP contribution in [-0.2, 0) is 36.6 Å². The highest BCUT2D eigenvalue weighted by atomic mass is 16.6. The SMILES string of the molecule is CC(C)C(=O)OC(C)(C)C(=O)c1ccc(Cc2ccc(Cc3ccc(C(=O)C(C)(C)OC(O)C(C)C)cc3)c(C(=O)C(C)(C)OC(=O)C(C)C)c2)cc1. The summed E-state index contributed by atoms with van der Waals surface area (Å²) in [5.74, 6) is -2.81. The largest absolute Gasteiger partial charge is 0.451 e. The number of aliphatic hydroxyl groups excluding tert-OH is 1. The highest BCUT2D eigenvalue weighted by Crippen LogP contribution is 2.28. The highest BCUT2D eigenvalue weighted by molar-refractivity contribution is 6.05. The molecule has 0 radical (unpaired) electrons. The van der Waals surface area contributed by atoms with Crippen LogP contribution in [0.25, 0.3) is 0 Å². The van der Waals surface area contributed by atoms with Crippen LogP contribution in [0.5, 0.6) is 0 Å². The van der Waals surface area contributed by atoms with Gasteiger partial charge in [-0.2, -0.15) is 0 Å². The van der Waals surface area contributed by atoms with Crippen molar-refractivity contribution in [3.05, 3.63) is 106 Å². The monoisotopic (exact) mass is 728 g/mol. The lowest BCUT2D eigenvalue weighted by atomic mass is 9.87. The van der Waals surface area contributed by atoms with Gasteiger partial charge >= 0.3 is 11.9 Å². The molecular weight excluding hydrogens is 672 g/mol. The third kappa shape index (κ3) is 11.3. The first-order valence-electron chi connectivity index (χ1n) is 18.2. The lowest BCUT2D eigenvalue weighted by Gasteiger charge is -2.28. The molecule has 0 heterocycles. The molecule has 0 saturated carbocycles. The Bertz CT molecular complexity index is 1790. The summed E-state index contributed by atoms with van der Waals surface area (Å²) in [7, 11) is 0. The van der Waals surface area contributed by atoms with Gasteiger partial charge in [-0.1, -0.05) is 102 Å². The summed E-state index contributed by atoms with van der Waals surface area (Å²) < 4.78 is 16.8. The Kier molecular flexibility index (Phi) is 13.9. The van der Waals surface area contributed by atoms with Gasteiger partial charge in [0.15, 0.2) is 23.3 Å². The van der Waals surface area contributed by atoms with Crippen LogP contribution < -0.4 is 0 Å². The number of Topliss-reactive ketones (excluding diaryl/α,β-unsaturated/α-hetero) is 3. The topological polar surface area (TPSA) is 133 Å². The molecule has 0 fully saturated rings. The van der Waals surface area contributed by atoms with Crippen molar-refractivity contribution in [3.8, 4) is 0 Å². The van der Waals surface area contributed by atoms with Crippen LogP contribution in [0.2, 0.25) is 0 Å². The number of carbonyl (C=O) groups is 5. The van der Waals surface area contributed by atoms with Gasteiger partial charge in [0.25, 0.3) is 0 Å². The number of ether oxygens (including phenoxy) is 3. The Hall–Kier alpha value is -4.47. The number of hydrogen-bond donors (Lipinski definition) is 1. The molecule has 3 rings (SSSR count). The van der Waals surface area contributed by atoms with E-state index in [1.54, 1.807) is 107 Å². The first kappa shape index (κ1) is 42.9. The molecule has 3 aromatic rings. The van der Waals surface area contributed by atoms with E-state index in [1.165, 1.54) is 0 Å². The smallest absolute Gasteiger partial charge is 0.309 e. The van der Waals surface area contributed by atoms with Crippen molar-refractivity contribution in [1.29, 1.82) is 0 Å². The molecular formula is C44H56O9. The number of carbonyl (C=O) groups excluding carboxylic acids is 5. The summed E-state index contributed by atoms with van der Waals surface area (Å²) in [4.78, 5) is 65.3. The fraction of sp³-hybridized carbons (Fsp3) is 0.477. The highest BCUT2D eigenvalue weighted by Gasteiger charge is 2.36. The van der Waals surface area contributed by atoms with E-state index in [4.69, 9.17) is 14.2 Å². The Labute approximate surface area is 314 Å². The van der Waals surface area contributed by atoms with Gasteiger partial charge in [-0.3, -0.25) is 24.0 Å². The molecule has 0 bridgehead atoms. The molecule has 0 spiro atoms. The van der Waals surface area contributed by atoms with Crippen molar-refractivity contribution in [1.82, 2.24) is 0 Å². The van der Waals surface area contributed by atoms with Crippen LogP contribution in [0.15, 0.2) is 66.7 Å². The van der Waals surface area contributed by atoms with E-state index in [-0.39, 0.29) is 29.2 Å². The van der Waals surface area contributed by atoms with E-state index in [2.05, 4.69) is 0 Å². The third-order valence-electron chi connectivity index (χ3n) is 8.93. The van der Waals surface area contributed by atoms with Crippen LogP contribution in [-0.4, -0.2) is 57.5 Å². The maximum Gasteiger partial charge on any atom is 0.309 e. The van der Waals surface area contributed by atoms with Crippen LogP contribution in [0, 0.1) is 17.8 Å². The summed E-state index contributed by atoms with van der Waals surface area (Å²) in [6.07, 6.45) is -0.267. The Morgan fingerprint density at radius 2 is 0.943 bits per heavy atom. The zero-order chi connectivity index (χ0) is 40.1. The average molecular weight is 729 g/mol. The van der Waals surface area contributed by atoms with E-state index in [0.29, 0.717) is 35.1 Å². The fourth-order valence-electron chi connectivity index (χ4n) is 5.44. The quantitative estimate of drug-likeness (QED) is 0.0831. The molecule has 0 aliphatic heterocycles. The molecule has 286 valence electrons. The van der Waals surface area contributed by atoms with E-state index in [1.807, 2.05) is 42.5 Å². The lowest BCUT2D eigenvalue weighted by molar-refractivity contribution is -0.175. The minimum absolute atomic E-state index is 0.177. The van der Waals surface area contributed by atoms with Crippen LogP contribution >= 0.6 is 0 Å². The van der Waals surface area contributed by atoms with Crippen LogP contribution in [0.4, 0.5) is 0 Å². The fourth-order valence-corrected chi connectivity index (χ4v) is 5.44. The second kappa shape index (κ2) is 17.1. The molecule has 0 saturated heterocycles. The number of hydrogen-bond acceptors (Lipinski definition) is 9. The zero-order valence-corrected chi connectivity index (χ0v) is 33.3. The number of esters is 2. The van der Waals surface area contributed by atoms with Gasteiger partial charge in [0.05, 0.1) is 11.8 Å². The number of rotatable bonds is 17. The molecule has 1 N–H and O–H groups in total. The maximum atomic E-state index is 14.1. The summed E-state index contributed by atoms with van der Waals surface area (Å²) in [5, 5.41) is 10.2. The first-order valence-corrected chi connectivity index (χ1v) is 18.2. The molecule has 3 aromatic carbocycles. The van der Waals surface area contributed by atoms with E-state index >= 15 is 0 Å². The molecule has 0 aromatic heterocycles. The molecule has 0 amide bonds. The maximum absolute atomic E-state index is 14.1. The van der Waals surface area contributed by atoms with Gasteiger partial charge < -0.3 is 19.3 Å². The zero-order valence-electron chi connectivity index (χ0n) is 33.3. The minimum atomic E-state index is -1.44. The molecule has 0 aliphatic rings. The van der Waals surface area contributed by atoms with Gasteiger partial charge in [-0.15, -0.1) is 0 Å². The van der Waals surface area contributed by atoms with Crippen molar-refractivity contribution in [3.63, 3.8) is 0 Å². The number of ketones is 3. The van der Waals surface area contributed by atoms with Crippen molar-refractivity contribution < 1.29 is 43.3 Å². The second-order valence-corrected chi connectivity index (χ2v) is 16.2. The molecule has 1 atom stereocenters. The van der Waals surface area contributed by atoms with Crippen molar-refractivity contribution in [2.75, 3.05) is 0 Å². The molecule has 53 heavy (non-hydrogen) atoms. The van der Waals surface area contributed by atoms with Gasteiger partial charge in [0, 0.05) is 22.6 Å². The molecule has 9 heteroatoms.